The number of aryl methyl sites for hydroxylation is 1. The van der Waals surface area contributed by atoms with Gasteiger partial charge in [0.25, 0.3) is 5.91 Å². The Morgan fingerprint density at radius 3 is 2.45 bits per heavy atom. The molecule has 0 bridgehead atoms. The number of carboxylic acid groups (broad SMARTS) is 1. The van der Waals surface area contributed by atoms with E-state index < -0.39 is 35.8 Å². The van der Waals surface area contributed by atoms with Crippen LogP contribution in [0.5, 0.6) is 0 Å². The number of carbonyl (C=O) groups excluding carboxylic acids is 3. The largest absolute Gasteiger partial charge is 0.481 e. The molecule has 2 unspecified atom stereocenters. The lowest BCUT2D eigenvalue weighted by atomic mass is 9.91. The molecule has 3 amide bonds. The number of rotatable bonds is 6. The molecule has 8 heteroatoms. The average Bonchev–Trinajstić information content (AvgIpc) is 2.75. The number of amides is 3. The molecule has 0 radical (unpaired) electrons. The van der Waals surface area contributed by atoms with Gasteiger partial charge in [0.15, 0.2) is 11.8 Å². The van der Waals surface area contributed by atoms with Crippen molar-refractivity contribution in [2.24, 2.45) is 0 Å². The maximum atomic E-state index is 12.7. The number of nitrogens with one attached hydrogen (secondary N) is 2. The summed E-state index contributed by atoms with van der Waals surface area (Å²) in [5, 5.41) is 14.5. The summed E-state index contributed by atoms with van der Waals surface area (Å²) in [6.07, 6.45) is 1.05. The lowest BCUT2D eigenvalue weighted by molar-refractivity contribution is -0.138. The Kier molecular flexibility index (Phi) is 6.96. The average molecular weight is 450 g/mol. The van der Waals surface area contributed by atoms with Crippen LogP contribution < -0.4 is 10.6 Å². The Morgan fingerprint density at radius 2 is 1.79 bits per heavy atom. The zero-order chi connectivity index (χ0) is 24.3. The van der Waals surface area contributed by atoms with E-state index in [9.17, 15) is 24.3 Å². The van der Waals surface area contributed by atoms with Crippen molar-refractivity contribution in [3.63, 3.8) is 0 Å². The number of ketones is 1. The van der Waals surface area contributed by atoms with Crippen LogP contribution in [0.15, 0.2) is 54.2 Å². The molecule has 0 aromatic heterocycles. The maximum Gasteiger partial charge on any atom is 0.316 e. The Morgan fingerprint density at radius 1 is 1.09 bits per heavy atom. The first kappa shape index (κ1) is 23.7. The van der Waals surface area contributed by atoms with Crippen LogP contribution in [0.1, 0.15) is 36.1 Å². The lowest BCUT2D eigenvalue weighted by Gasteiger charge is -2.27. The highest BCUT2D eigenvalue weighted by Gasteiger charge is 2.35. The van der Waals surface area contributed by atoms with Gasteiger partial charge in [-0.2, -0.15) is 0 Å². The summed E-state index contributed by atoms with van der Waals surface area (Å²) >= 11 is 0. The van der Waals surface area contributed by atoms with Crippen molar-refractivity contribution in [3.8, 4) is 11.1 Å². The Balaban J connectivity index is 1.88. The van der Waals surface area contributed by atoms with E-state index in [0.717, 1.165) is 22.3 Å². The van der Waals surface area contributed by atoms with E-state index in [4.69, 9.17) is 0 Å². The molecule has 0 saturated heterocycles. The van der Waals surface area contributed by atoms with Crippen LogP contribution in [0.25, 0.3) is 11.1 Å². The molecule has 1 heterocycles. The van der Waals surface area contributed by atoms with Crippen LogP contribution in [0.4, 0.5) is 4.79 Å². The summed E-state index contributed by atoms with van der Waals surface area (Å²) in [6.45, 7) is 5.42. The monoisotopic (exact) mass is 449 g/mol. The van der Waals surface area contributed by atoms with Gasteiger partial charge in [-0.25, -0.2) is 4.79 Å². The minimum Gasteiger partial charge on any atom is -0.481 e. The fourth-order valence-corrected chi connectivity index (χ4v) is 3.99. The maximum absolute atomic E-state index is 12.7. The summed E-state index contributed by atoms with van der Waals surface area (Å²) in [7, 11) is 1.50. The van der Waals surface area contributed by atoms with Gasteiger partial charge in [0.1, 0.15) is 0 Å². The second kappa shape index (κ2) is 9.68. The number of urea groups is 1. The predicted octanol–water partition coefficient (Wildman–Crippen LogP) is 3.10. The molecule has 8 nitrogen and oxygen atoms in total. The number of hydrogen-bond acceptors (Lipinski definition) is 4. The van der Waals surface area contributed by atoms with Crippen LogP contribution in [0.2, 0.25) is 0 Å². The second-order valence-corrected chi connectivity index (χ2v) is 8.22. The standard InChI is InChI=1S/C25H27N3O5/c1-14-7-5-8-17(11-14)18-9-6-10-19(16(18)3)20(12-21(29)30)26-25(33)27-22-23(31)15(2)13-28(4)24(22)32/h5-11,13,20,22H,12H2,1-4H3,(H,29,30)(H2,26,27,33). The van der Waals surface area contributed by atoms with Gasteiger partial charge < -0.3 is 20.6 Å². The number of hydrogen-bond donors (Lipinski definition) is 3. The summed E-state index contributed by atoms with van der Waals surface area (Å²) in [5.41, 5.74) is 4.81. The molecule has 1 aliphatic heterocycles. The quantitative estimate of drug-likeness (QED) is 0.586. The summed E-state index contributed by atoms with van der Waals surface area (Å²) < 4.78 is 0. The molecule has 3 N–H and O–H groups in total. The number of carboxylic acids is 1. The molecule has 1 aliphatic rings. The highest BCUT2D eigenvalue weighted by atomic mass is 16.4. The summed E-state index contributed by atoms with van der Waals surface area (Å²) in [5.74, 6) is -2.15. The van der Waals surface area contributed by atoms with E-state index in [-0.39, 0.29) is 6.42 Å². The Bertz CT molecular complexity index is 1150. The van der Waals surface area contributed by atoms with Crippen LogP contribution in [-0.2, 0) is 14.4 Å². The van der Waals surface area contributed by atoms with Crippen molar-refractivity contribution in [1.82, 2.24) is 15.5 Å². The molecule has 33 heavy (non-hydrogen) atoms. The first-order valence-corrected chi connectivity index (χ1v) is 10.5. The Labute approximate surface area is 192 Å². The fraction of sp³-hybridized carbons (Fsp3) is 0.280. The first-order valence-electron chi connectivity index (χ1n) is 10.5. The van der Waals surface area contributed by atoms with Gasteiger partial charge in [0.05, 0.1) is 12.5 Å². The number of likely N-dealkylation sites (N-methyl/N-ethyl adjacent to an activating group) is 1. The predicted molar refractivity (Wildman–Crippen MR) is 123 cm³/mol. The number of benzene rings is 2. The number of Topliss-reactive ketones (excluding diaryl/α,β-unsaturated/α-hetero) is 1. The van der Waals surface area contributed by atoms with Gasteiger partial charge in [-0.3, -0.25) is 14.4 Å². The van der Waals surface area contributed by atoms with Gasteiger partial charge in [0.2, 0.25) is 0 Å². The molecule has 3 rings (SSSR count). The molecule has 2 atom stereocenters. The van der Waals surface area contributed by atoms with Crippen LogP contribution in [0.3, 0.4) is 0 Å². The van der Waals surface area contributed by atoms with Crippen molar-refractivity contribution >= 4 is 23.7 Å². The number of nitrogens with zero attached hydrogens (tertiary/aromatic N) is 1. The molecule has 2 aromatic carbocycles. The highest BCUT2D eigenvalue weighted by molar-refractivity contribution is 6.16. The van der Waals surface area contributed by atoms with Crippen molar-refractivity contribution in [2.75, 3.05) is 7.05 Å². The zero-order valence-electron chi connectivity index (χ0n) is 19.0. The SMILES string of the molecule is CC1=CN(C)C(=O)C(NC(=O)NC(CC(=O)O)c2cccc(-c3cccc(C)c3)c2C)C1=O. The molecule has 0 spiro atoms. The number of aliphatic carboxylic acids is 1. The summed E-state index contributed by atoms with van der Waals surface area (Å²) in [4.78, 5) is 50.3. The van der Waals surface area contributed by atoms with Crippen LogP contribution in [-0.4, -0.2) is 46.8 Å². The molecule has 0 fully saturated rings. The van der Waals surface area contributed by atoms with E-state index in [0.29, 0.717) is 11.1 Å². The van der Waals surface area contributed by atoms with E-state index in [1.54, 1.807) is 13.0 Å². The molecular formula is C25H27N3O5. The van der Waals surface area contributed by atoms with Gasteiger partial charge in [-0.15, -0.1) is 0 Å². The Hall–Kier alpha value is -3.94. The van der Waals surface area contributed by atoms with Gasteiger partial charge in [0, 0.05) is 18.8 Å². The zero-order valence-corrected chi connectivity index (χ0v) is 19.0. The van der Waals surface area contributed by atoms with E-state index in [2.05, 4.69) is 10.6 Å². The van der Waals surface area contributed by atoms with E-state index in [1.165, 1.54) is 18.1 Å². The normalized spacial score (nSPS) is 16.8. The van der Waals surface area contributed by atoms with Gasteiger partial charge in [-0.05, 0) is 43.0 Å². The second-order valence-electron chi connectivity index (χ2n) is 8.22. The third-order valence-electron chi connectivity index (χ3n) is 5.67. The molecular weight excluding hydrogens is 422 g/mol. The van der Waals surface area contributed by atoms with Crippen LogP contribution >= 0.6 is 0 Å². The molecule has 172 valence electrons. The minimum atomic E-state index is -1.36. The highest BCUT2D eigenvalue weighted by Crippen LogP contribution is 2.30. The lowest BCUT2D eigenvalue weighted by Crippen LogP contribution is -2.56. The third kappa shape index (κ3) is 5.28. The number of carbonyl (C=O) groups is 4. The van der Waals surface area contributed by atoms with Gasteiger partial charge in [-0.1, -0.05) is 48.0 Å². The van der Waals surface area contributed by atoms with Crippen molar-refractivity contribution in [1.29, 1.82) is 0 Å². The van der Waals surface area contributed by atoms with Crippen molar-refractivity contribution in [3.05, 3.63) is 70.9 Å². The first-order chi connectivity index (χ1) is 15.6. The topological polar surface area (TPSA) is 116 Å². The molecule has 2 aromatic rings. The third-order valence-corrected chi connectivity index (χ3v) is 5.67. The van der Waals surface area contributed by atoms with Crippen molar-refractivity contribution in [2.45, 2.75) is 39.3 Å². The minimum absolute atomic E-state index is 0.339. The summed E-state index contributed by atoms with van der Waals surface area (Å²) in [6, 6.07) is 10.4. The molecule has 0 saturated carbocycles. The smallest absolute Gasteiger partial charge is 0.316 e. The van der Waals surface area contributed by atoms with Crippen LogP contribution in [0, 0.1) is 13.8 Å². The van der Waals surface area contributed by atoms with E-state index >= 15 is 0 Å². The van der Waals surface area contributed by atoms with E-state index in [1.807, 2.05) is 50.2 Å². The van der Waals surface area contributed by atoms with Crippen molar-refractivity contribution < 1.29 is 24.3 Å². The van der Waals surface area contributed by atoms with Gasteiger partial charge >= 0.3 is 12.0 Å². The fourth-order valence-electron chi connectivity index (χ4n) is 3.99. The molecule has 0 aliphatic carbocycles.